The van der Waals surface area contributed by atoms with Crippen LogP contribution in [0.4, 0.5) is 5.69 Å². The monoisotopic (exact) mass is 378 g/mol. The van der Waals surface area contributed by atoms with E-state index in [1.807, 2.05) is 44.3 Å². The largest absolute Gasteiger partial charge is 0.595 e. The van der Waals surface area contributed by atoms with Gasteiger partial charge in [0.15, 0.2) is 5.69 Å². The van der Waals surface area contributed by atoms with Gasteiger partial charge in [-0.3, -0.25) is 9.48 Å². The molecular formula is C20H18N4O4. The maximum Gasteiger partial charge on any atom is 0.281 e. The normalized spacial score (nSPS) is 12.3. The molecule has 4 rings (SSSR count). The van der Waals surface area contributed by atoms with Crippen molar-refractivity contribution >= 4 is 5.69 Å². The van der Waals surface area contributed by atoms with Crippen molar-refractivity contribution in [2.75, 3.05) is 0 Å². The molecule has 0 saturated carbocycles. The highest BCUT2D eigenvalue weighted by Gasteiger charge is 2.21. The number of benzene rings is 2. The van der Waals surface area contributed by atoms with Crippen LogP contribution in [0.2, 0.25) is 0 Å². The second kappa shape index (κ2) is 6.93. The van der Waals surface area contributed by atoms with Crippen LogP contribution < -0.4 is 10.8 Å². The smallest absolute Gasteiger partial charge is 0.281 e. The molecule has 0 aliphatic heterocycles. The summed E-state index contributed by atoms with van der Waals surface area (Å²) in [5, 5.41) is 19.0. The summed E-state index contributed by atoms with van der Waals surface area (Å²) in [6.07, 6.45) is 1.44. The Bertz CT molecular complexity index is 1170. The van der Waals surface area contributed by atoms with E-state index in [2.05, 4.69) is 4.98 Å². The van der Waals surface area contributed by atoms with Gasteiger partial charge in [0.2, 0.25) is 5.89 Å². The standard InChI is InChI=1S/C20H18N4O4/c1-13-18(20(25)23(22(13)2)15-6-4-3-5-7-15)17-12-28-19(21-17)14-8-10-16(11-9-14)24(26)27/h3-12,24,26H,1-2H3. The maximum absolute atomic E-state index is 13.1. The van der Waals surface area contributed by atoms with Crippen LogP contribution in [0.3, 0.4) is 0 Å². The number of quaternary nitrogens is 1. The minimum atomic E-state index is -0.999. The van der Waals surface area contributed by atoms with Crippen LogP contribution in [0.1, 0.15) is 5.69 Å². The van der Waals surface area contributed by atoms with Crippen LogP contribution in [0.15, 0.2) is 70.1 Å². The van der Waals surface area contributed by atoms with Gasteiger partial charge < -0.3 is 9.62 Å². The van der Waals surface area contributed by atoms with Gasteiger partial charge in [0.05, 0.1) is 11.3 Å². The second-order valence-electron chi connectivity index (χ2n) is 6.36. The molecule has 4 aromatic rings. The Balaban J connectivity index is 1.76. The minimum absolute atomic E-state index is 0.181. The first kappa shape index (κ1) is 17.9. The third-order valence-electron chi connectivity index (χ3n) is 4.69. The molecule has 0 radical (unpaired) electrons. The summed E-state index contributed by atoms with van der Waals surface area (Å²) in [4.78, 5) is 17.5. The summed E-state index contributed by atoms with van der Waals surface area (Å²) in [5.41, 5.74) is 3.04. The van der Waals surface area contributed by atoms with Gasteiger partial charge in [0.1, 0.15) is 12.0 Å². The molecule has 0 saturated heterocycles. The van der Waals surface area contributed by atoms with Crippen LogP contribution >= 0.6 is 0 Å². The summed E-state index contributed by atoms with van der Waals surface area (Å²) in [6, 6.07) is 15.6. The number of para-hydroxylation sites is 1. The van der Waals surface area contributed by atoms with Gasteiger partial charge in [-0.05, 0) is 31.2 Å². The fraction of sp³-hybridized carbons (Fsp3) is 0.100. The first-order valence-corrected chi connectivity index (χ1v) is 8.61. The van der Waals surface area contributed by atoms with E-state index in [1.165, 1.54) is 18.4 Å². The highest BCUT2D eigenvalue weighted by atomic mass is 16.8. The summed E-state index contributed by atoms with van der Waals surface area (Å²) in [5.74, 6) is 0.320. The molecule has 0 amide bonds. The molecular weight excluding hydrogens is 360 g/mol. The highest BCUT2D eigenvalue weighted by Crippen LogP contribution is 2.26. The predicted octanol–water partition coefficient (Wildman–Crippen LogP) is 2.21. The molecule has 1 atom stereocenters. The van der Waals surface area contributed by atoms with Gasteiger partial charge in [-0.25, -0.2) is 14.9 Å². The number of aromatic nitrogens is 3. The van der Waals surface area contributed by atoms with E-state index in [1.54, 1.807) is 21.5 Å². The molecule has 2 N–H and O–H groups in total. The summed E-state index contributed by atoms with van der Waals surface area (Å²) >= 11 is 0. The van der Waals surface area contributed by atoms with Gasteiger partial charge in [0, 0.05) is 30.4 Å². The van der Waals surface area contributed by atoms with E-state index in [0.29, 0.717) is 22.7 Å². The van der Waals surface area contributed by atoms with E-state index < -0.39 is 5.23 Å². The van der Waals surface area contributed by atoms with E-state index in [0.717, 1.165) is 11.4 Å². The molecule has 142 valence electrons. The fourth-order valence-electron chi connectivity index (χ4n) is 3.14. The number of nitrogens with zero attached hydrogens (tertiary/aromatic N) is 3. The molecule has 0 aliphatic carbocycles. The fourth-order valence-corrected chi connectivity index (χ4v) is 3.14. The SMILES string of the molecule is Cc1c(-c2coc(-c3ccc([NH+]([O-])O)cc3)n2)c(=O)n(-c2ccccc2)n1C. The Morgan fingerprint density at radius 2 is 1.79 bits per heavy atom. The van der Waals surface area contributed by atoms with Crippen molar-refractivity contribution in [3.05, 3.63) is 82.1 Å². The third-order valence-corrected chi connectivity index (χ3v) is 4.69. The lowest BCUT2D eigenvalue weighted by Crippen LogP contribution is -2.99. The Kier molecular flexibility index (Phi) is 4.44. The van der Waals surface area contributed by atoms with Crippen LogP contribution in [-0.2, 0) is 7.05 Å². The van der Waals surface area contributed by atoms with Crippen molar-refractivity contribution in [3.63, 3.8) is 0 Å². The van der Waals surface area contributed by atoms with Crippen molar-refractivity contribution in [3.8, 4) is 28.4 Å². The zero-order valence-electron chi connectivity index (χ0n) is 15.3. The average Bonchev–Trinajstić information content (AvgIpc) is 3.26. The molecule has 2 heterocycles. The minimum Gasteiger partial charge on any atom is -0.595 e. The van der Waals surface area contributed by atoms with Gasteiger partial charge in [-0.2, -0.15) is 5.23 Å². The lowest BCUT2D eigenvalue weighted by molar-refractivity contribution is -0.991. The molecule has 8 nitrogen and oxygen atoms in total. The number of oxazole rings is 1. The third kappa shape index (κ3) is 2.95. The molecule has 2 aromatic heterocycles. The van der Waals surface area contributed by atoms with Crippen molar-refractivity contribution < 1.29 is 14.9 Å². The zero-order chi connectivity index (χ0) is 19.8. The van der Waals surface area contributed by atoms with E-state index in [4.69, 9.17) is 9.62 Å². The van der Waals surface area contributed by atoms with Crippen LogP contribution in [0.5, 0.6) is 0 Å². The van der Waals surface area contributed by atoms with E-state index >= 15 is 0 Å². The number of hydrogen-bond acceptors (Lipinski definition) is 5. The first-order valence-electron chi connectivity index (χ1n) is 8.61. The number of nitrogens with one attached hydrogen (secondary N) is 1. The van der Waals surface area contributed by atoms with Crippen LogP contribution in [0, 0.1) is 12.1 Å². The Hall–Kier alpha value is -3.46. The maximum atomic E-state index is 13.1. The summed E-state index contributed by atoms with van der Waals surface area (Å²) < 4.78 is 8.92. The van der Waals surface area contributed by atoms with E-state index in [-0.39, 0.29) is 11.2 Å². The summed E-state index contributed by atoms with van der Waals surface area (Å²) in [7, 11) is 1.82. The Morgan fingerprint density at radius 1 is 1.11 bits per heavy atom. The molecule has 0 fully saturated rings. The van der Waals surface area contributed by atoms with Crippen molar-refractivity contribution in [1.82, 2.24) is 14.3 Å². The topological polar surface area (TPSA) is 101 Å². The lowest BCUT2D eigenvalue weighted by Gasteiger charge is -2.10. The first-order chi connectivity index (χ1) is 13.5. The lowest BCUT2D eigenvalue weighted by atomic mass is 10.2. The van der Waals surface area contributed by atoms with Gasteiger partial charge in [-0.1, -0.05) is 18.2 Å². The predicted molar refractivity (Wildman–Crippen MR) is 102 cm³/mol. The molecule has 0 aliphatic rings. The summed E-state index contributed by atoms with van der Waals surface area (Å²) in [6.45, 7) is 1.85. The van der Waals surface area contributed by atoms with Gasteiger partial charge in [0.25, 0.3) is 5.56 Å². The quantitative estimate of drug-likeness (QED) is 0.530. The van der Waals surface area contributed by atoms with Crippen molar-refractivity contribution in [2.45, 2.75) is 6.92 Å². The Labute approximate surface area is 160 Å². The average molecular weight is 378 g/mol. The molecule has 0 spiro atoms. The van der Waals surface area contributed by atoms with Gasteiger partial charge >= 0.3 is 0 Å². The van der Waals surface area contributed by atoms with Gasteiger partial charge in [-0.15, -0.1) is 0 Å². The highest BCUT2D eigenvalue weighted by molar-refractivity contribution is 5.65. The van der Waals surface area contributed by atoms with Crippen molar-refractivity contribution in [2.24, 2.45) is 7.05 Å². The number of hydrogen-bond donors (Lipinski definition) is 2. The van der Waals surface area contributed by atoms with Crippen molar-refractivity contribution in [1.29, 1.82) is 0 Å². The molecule has 1 unspecified atom stereocenters. The van der Waals surface area contributed by atoms with Crippen LogP contribution in [-0.4, -0.2) is 19.6 Å². The van der Waals surface area contributed by atoms with Crippen LogP contribution in [0.25, 0.3) is 28.4 Å². The number of rotatable bonds is 4. The molecule has 2 aromatic carbocycles. The zero-order valence-corrected chi connectivity index (χ0v) is 15.3. The Morgan fingerprint density at radius 3 is 2.43 bits per heavy atom. The van der Waals surface area contributed by atoms with E-state index in [9.17, 15) is 10.0 Å². The molecule has 0 bridgehead atoms. The molecule has 28 heavy (non-hydrogen) atoms. The second-order valence-corrected chi connectivity index (χ2v) is 6.36. The molecule has 8 heteroatoms.